The van der Waals surface area contributed by atoms with E-state index in [1.807, 2.05) is 39.8 Å². The van der Waals surface area contributed by atoms with Crippen LogP contribution < -0.4 is 11.4 Å². The zero-order valence-corrected chi connectivity index (χ0v) is 13.6. The Bertz CT molecular complexity index is 748. The van der Waals surface area contributed by atoms with Crippen LogP contribution in [0.3, 0.4) is 0 Å². The normalized spacial score (nSPS) is 12.3. The van der Waals surface area contributed by atoms with Crippen LogP contribution in [0, 0.1) is 13.8 Å². The maximum Gasteiger partial charge on any atom is 0.336 e. The van der Waals surface area contributed by atoms with Crippen molar-refractivity contribution in [3.63, 3.8) is 0 Å². The van der Waals surface area contributed by atoms with E-state index < -0.39 is 0 Å². The molecule has 0 spiro atoms. The fourth-order valence-corrected chi connectivity index (χ4v) is 2.91. The van der Waals surface area contributed by atoms with Gasteiger partial charge in [0.25, 0.3) is 0 Å². The lowest BCUT2D eigenvalue weighted by molar-refractivity contribution is 0.557. The van der Waals surface area contributed by atoms with Crippen LogP contribution in [0.2, 0.25) is 0 Å². The zero-order chi connectivity index (χ0) is 15.6. The van der Waals surface area contributed by atoms with Crippen LogP contribution in [0.15, 0.2) is 32.4 Å². The predicted octanol–water partition coefficient (Wildman–Crippen LogP) is 3.37. The summed E-state index contributed by atoms with van der Waals surface area (Å²) in [5.74, 6) is 0.604. The zero-order valence-electron chi connectivity index (χ0n) is 12.8. The summed E-state index contributed by atoms with van der Waals surface area (Å²) in [6.45, 7) is 7.92. The molecule has 2 N–H and O–H groups in total. The first kappa shape index (κ1) is 15.6. The van der Waals surface area contributed by atoms with E-state index in [1.54, 1.807) is 0 Å². The van der Waals surface area contributed by atoms with Gasteiger partial charge in [0.2, 0.25) is 0 Å². The third-order valence-corrected chi connectivity index (χ3v) is 4.13. The molecule has 0 unspecified atom stereocenters. The van der Waals surface area contributed by atoms with E-state index in [9.17, 15) is 4.79 Å². The molecule has 0 radical (unpaired) electrons. The molecule has 0 aliphatic carbocycles. The third kappa shape index (κ3) is 3.67. The number of thioether (sulfide) groups is 1. The number of hydrogen-bond donors (Lipinski definition) is 1. The van der Waals surface area contributed by atoms with Gasteiger partial charge < -0.3 is 10.2 Å². The Hall–Kier alpha value is -1.75. The van der Waals surface area contributed by atoms with Gasteiger partial charge in [-0.1, -0.05) is 23.9 Å². The number of nitrogens with zero attached hydrogens (tertiary/aromatic N) is 1. The summed E-state index contributed by atoms with van der Waals surface area (Å²) in [6, 6.07) is 5.73. The average molecular weight is 304 g/mol. The standard InChI is InChI=1S/C16H20N2O2S/c1-9(2)18-16(17)21-8-12-7-14(19)20-15-11(4)10(3)5-6-13(12)15/h5-7,9H,8H2,1-4H3,(H2,17,18). The highest BCUT2D eigenvalue weighted by Crippen LogP contribution is 2.25. The van der Waals surface area contributed by atoms with Gasteiger partial charge in [-0.25, -0.2) is 4.79 Å². The Balaban J connectivity index is 2.41. The molecule has 5 heteroatoms. The van der Waals surface area contributed by atoms with Gasteiger partial charge in [0.1, 0.15) is 5.58 Å². The second-order valence-electron chi connectivity index (χ2n) is 5.32. The molecule has 0 amide bonds. The molecule has 1 heterocycles. The molecule has 1 aromatic heterocycles. The molecule has 4 nitrogen and oxygen atoms in total. The summed E-state index contributed by atoms with van der Waals surface area (Å²) in [4.78, 5) is 16.0. The first-order chi connectivity index (χ1) is 9.88. The van der Waals surface area contributed by atoms with E-state index in [2.05, 4.69) is 4.99 Å². The van der Waals surface area contributed by atoms with Crippen molar-refractivity contribution in [2.24, 2.45) is 10.7 Å². The van der Waals surface area contributed by atoms with Crippen molar-refractivity contribution in [1.29, 1.82) is 0 Å². The number of rotatable bonds is 3. The number of hydrogen-bond acceptors (Lipinski definition) is 4. The molecular formula is C16H20N2O2S. The lowest BCUT2D eigenvalue weighted by atomic mass is 10.0. The molecule has 0 saturated carbocycles. The number of aliphatic imine (C=N–C) groups is 1. The maximum absolute atomic E-state index is 11.8. The van der Waals surface area contributed by atoms with E-state index in [0.717, 1.165) is 22.1 Å². The number of aryl methyl sites for hydroxylation is 2. The predicted molar refractivity (Wildman–Crippen MR) is 90.0 cm³/mol. The summed E-state index contributed by atoms with van der Waals surface area (Å²) in [5.41, 5.74) is 9.24. The largest absolute Gasteiger partial charge is 0.422 e. The van der Waals surface area contributed by atoms with Crippen molar-refractivity contribution < 1.29 is 4.42 Å². The molecule has 0 bridgehead atoms. The summed E-state index contributed by atoms with van der Waals surface area (Å²) in [5, 5.41) is 1.50. The smallest absolute Gasteiger partial charge is 0.336 e. The maximum atomic E-state index is 11.8. The Morgan fingerprint density at radius 1 is 1.38 bits per heavy atom. The lowest BCUT2D eigenvalue weighted by Gasteiger charge is -2.09. The van der Waals surface area contributed by atoms with Crippen LogP contribution in [-0.2, 0) is 5.75 Å². The first-order valence-corrected chi connectivity index (χ1v) is 7.86. The van der Waals surface area contributed by atoms with Crippen molar-refractivity contribution >= 4 is 27.9 Å². The van der Waals surface area contributed by atoms with Crippen LogP contribution >= 0.6 is 11.8 Å². The molecule has 21 heavy (non-hydrogen) atoms. The highest BCUT2D eigenvalue weighted by molar-refractivity contribution is 8.13. The Kier molecular flexibility index (Phi) is 4.73. The Labute approximate surface area is 128 Å². The van der Waals surface area contributed by atoms with Gasteiger partial charge in [-0.15, -0.1) is 0 Å². The summed E-state index contributed by atoms with van der Waals surface area (Å²) >= 11 is 1.44. The summed E-state index contributed by atoms with van der Waals surface area (Å²) < 4.78 is 5.36. The highest BCUT2D eigenvalue weighted by Gasteiger charge is 2.10. The van der Waals surface area contributed by atoms with Gasteiger partial charge in [0.05, 0.1) is 0 Å². The molecule has 1 aromatic carbocycles. The lowest BCUT2D eigenvalue weighted by Crippen LogP contribution is -2.10. The topological polar surface area (TPSA) is 68.6 Å². The number of benzene rings is 1. The van der Waals surface area contributed by atoms with Gasteiger partial charge in [-0.05, 0) is 44.4 Å². The fraction of sp³-hybridized carbons (Fsp3) is 0.375. The van der Waals surface area contributed by atoms with E-state index in [-0.39, 0.29) is 11.7 Å². The van der Waals surface area contributed by atoms with E-state index >= 15 is 0 Å². The van der Waals surface area contributed by atoms with Crippen molar-refractivity contribution in [2.45, 2.75) is 39.5 Å². The van der Waals surface area contributed by atoms with Gasteiger partial charge in [-0.2, -0.15) is 0 Å². The second kappa shape index (κ2) is 6.35. The molecule has 0 atom stereocenters. The molecule has 0 aliphatic rings. The summed E-state index contributed by atoms with van der Waals surface area (Å²) in [6.07, 6.45) is 0. The molecule has 2 aromatic rings. The average Bonchev–Trinajstić information content (AvgIpc) is 2.40. The van der Waals surface area contributed by atoms with E-state index in [0.29, 0.717) is 16.5 Å². The van der Waals surface area contributed by atoms with Gasteiger partial charge in [-0.3, -0.25) is 4.99 Å². The summed E-state index contributed by atoms with van der Waals surface area (Å²) in [7, 11) is 0. The number of amidine groups is 1. The van der Waals surface area contributed by atoms with Crippen molar-refractivity contribution in [3.8, 4) is 0 Å². The van der Waals surface area contributed by atoms with Crippen LogP contribution in [0.1, 0.15) is 30.5 Å². The van der Waals surface area contributed by atoms with Crippen LogP contribution in [0.4, 0.5) is 0 Å². The number of nitrogens with two attached hydrogens (primary N) is 1. The highest BCUT2D eigenvalue weighted by atomic mass is 32.2. The van der Waals surface area contributed by atoms with Crippen LogP contribution in [0.25, 0.3) is 11.0 Å². The molecule has 0 saturated heterocycles. The first-order valence-electron chi connectivity index (χ1n) is 6.87. The van der Waals surface area contributed by atoms with E-state index in [4.69, 9.17) is 10.2 Å². The molecule has 2 rings (SSSR count). The minimum atomic E-state index is -0.328. The molecular weight excluding hydrogens is 284 g/mol. The Morgan fingerprint density at radius 2 is 2.10 bits per heavy atom. The minimum Gasteiger partial charge on any atom is -0.422 e. The van der Waals surface area contributed by atoms with Gasteiger partial charge in [0.15, 0.2) is 5.17 Å². The van der Waals surface area contributed by atoms with Gasteiger partial charge in [0, 0.05) is 23.2 Å². The fourth-order valence-electron chi connectivity index (χ4n) is 2.09. The van der Waals surface area contributed by atoms with E-state index in [1.165, 1.54) is 17.8 Å². The monoisotopic (exact) mass is 304 g/mol. The van der Waals surface area contributed by atoms with Gasteiger partial charge >= 0.3 is 5.63 Å². The Morgan fingerprint density at radius 3 is 2.76 bits per heavy atom. The minimum absolute atomic E-state index is 0.167. The quantitative estimate of drug-likeness (QED) is 0.536. The van der Waals surface area contributed by atoms with Crippen LogP contribution in [0.5, 0.6) is 0 Å². The van der Waals surface area contributed by atoms with Crippen molar-refractivity contribution in [1.82, 2.24) is 0 Å². The van der Waals surface area contributed by atoms with Crippen molar-refractivity contribution in [2.75, 3.05) is 0 Å². The van der Waals surface area contributed by atoms with Crippen molar-refractivity contribution in [3.05, 3.63) is 45.3 Å². The number of fused-ring (bicyclic) bond motifs is 1. The second-order valence-corrected chi connectivity index (χ2v) is 6.32. The molecule has 0 fully saturated rings. The molecule has 0 aliphatic heterocycles. The van der Waals surface area contributed by atoms with Crippen LogP contribution in [-0.4, -0.2) is 11.2 Å². The molecule has 112 valence electrons. The third-order valence-electron chi connectivity index (χ3n) is 3.28. The SMILES string of the molecule is Cc1ccc2c(CSC(N)=NC(C)C)cc(=O)oc2c1C.